The van der Waals surface area contributed by atoms with Crippen LogP contribution in [0.3, 0.4) is 0 Å². The van der Waals surface area contributed by atoms with E-state index in [-0.39, 0.29) is 25.7 Å². The van der Waals surface area contributed by atoms with Crippen LogP contribution in [0.5, 0.6) is 0 Å². The lowest BCUT2D eigenvalue weighted by Crippen LogP contribution is -1.87. The molecule has 2 aromatic rings. The van der Waals surface area contributed by atoms with E-state index in [0.717, 1.165) is 0 Å². The highest BCUT2D eigenvalue weighted by molar-refractivity contribution is 6.48. The molecule has 0 aliphatic carbocycles. The van der Waals surface area contributed by atoms with Gasteiger partial charge in [0.1, 0.15) is 0 Å². The first-order chi connectivity index (χ1) is 8.90. The van der Waals surface area contributed by atoms with E-state index in [0.29, 0.717) is 11.1 Å². The first-order valence-electron chi connectivity index (χ1n) is 5.12. The summed E-state index contributed by atoms with van der Waals surface area (Å²) in [4.78, 5) is 0. The van der Waals surface area contributed by atoms with E-state index in [2.05, 4.69) is 0 Å². The minimum atomic E-state index is -2.57. The Kier molecular flexibility index (Phi) is 4.57. The van der Waals surface area contributed by atoms with Gasteiger partial charge in [0.2, 0.25) is 0 Å². The summed E-state index contributed by atoms with van der Waals surface area (Å²) in [6.45, 7) is 0. The molecule has 0 N–H and O–H groups in total. The van der Waals surface area contributed by atoms with Crippen LogP contribution in [0.1, 0.15) is 12.0 Å². The highest BCUT2D eigenvalue weighted by Gasteiger charge is 2.13. The molecule has 0 aliphatic heterocycles. The van der Waals surface area contributed by atoms with Crippen molar-refractivity contribution in [2.75, 3.05) is 0 Å². The highest BCUT2D eigenvalue weighted by Crippen LogP contribution is 2.38. The second kappa shape index (κ2) is 5.84. The Morgan fingerprint density at radius 3 is 1.84 bits per heavy atom. The van der Waals surface area contributed by atoms with Crippen molar-refractivity contribution in [3.8, 4) is 11.1 Å². The van der Waals surface area contributed by atoms with E-state index in [9.17, 15) is 8.78 Å². The van der Waals surface area contributed by atoms with Crippen LogP contribution in [-0.2, 0) is 0 Å². The average molecular weight is 342 g/mol. The Morgan fingerprint density at radius 2 is 1.37 bits per heavy atom. The van der Waals surface area contributed by atoms with Crippen LogP contribution in [0.4, 0.5) is 8.78 Å². The predicted molar refractivity (Wildman–Crippen MR) is 76.9 cm³/mol. The Balaban J connectivity index is 2.53. The van der Waals surface area contributed by atoms with Gasteiger partial charge in [0.15, 0.2) is 0 Å². The average Bonchev–Trinajstić information content (AvgIpc) is 2.35. The van der Waals surface area contributed by atoms with Crippen LogP contribution in [0.15, 0.2) is 30.3 Å². The monoisotopic (exact) mass is 340 g/mol. The molecule has 0 atom stereocenters. The maximum Gasteiger partial charge on any atom is 0.263 e. The van der Waals surface area contributed by atoms with Crippen molar-refractivity contribution in [2.24, 2.45) is 0 Å². The van der Waals surface area contributed by atoms with Crippen LogP contribution in [0.25, 0.3) is 11.1 Å². The maximum atomic E-state index is 12.5. The van der Waals surface area contributed by atoms with Gasteiger partial charge >= 0.3 is 0 Å². The highest BCUT2D eigenvalue weighted by atomic mass is 35.5. The van der Waals surface area contributed by atoms with Gasteiger partial charge in [-0.1, -0.05) is 58.5 Å². The van der Waals surface area contributed by atoms with E-state index < -0.39 is 6.43 Å². The van der Waals surface area contributed by atoms with Crippen molar-refractivity contribution >= 4 is 46.4 Å². The molecule has 0 amide bonds. The Labute approximate surface area is 128 Å². The van der Waals surface area contributed by atoms with Crippen LogP contribution in [0, 0.1) is 0 Å². The van der Waals surface area contributed by atoms with Crippen molar-refractivity contribution in [3.63, 3.8) is 0 Å². The summed E-state index contributed by atoms with van der Waals surface area (Å²) in [5, 5.41) is 0.996. The standard InChI is InChI=1S/C13H6Cl4F2/c14-9-3-6(13(18)19)1-2-8(9)7-4-10(15)12(17)11(16)5-7/h1-5,13H. The normalized spacial score (nSPS) is 11.1. The number of hydrogen-bond donors (Lipinski definition) is 0. The molecule has 19 heavy (non-hydrogen) atoms. The Bertz CT molecular complexity index is 603. The molecule has 0 unspecified atom stereocenters. The SMILES string of the molecule is FC(F)c1ccc(-c2cc(Cl)c(Cl)c(Cl)c2)c(Cl)c1. The zero-order valence-corrected chi connectivity index (χ0v) is 12.3. The minimum absolute atomic E-state index is 0.139. The summed E-state index contributed by atoms with van der Waals surface area (Å²) in [6, 6.07) is 7.19. The molecular weight excluding hydrogens is 336 g/mol. The topological polar surface area (TPSA) is 0 Å². The summed E-state index contributed by atoms with van der Waals surface area (Å²) >= 11 is 23.7. The van der Waals surface area contributed by atoms with Crippen LogP contribution < -0.4 is 0 Å². The molecule has 0 saturated heterocycles. The summed E-state index contributed by atoms with van der Waals surface area (Å²) < 4.78 is 25.1. The van der Waals surface area contributed by atoms with Gasteiger partial charge < -0.3 is 0 Å². The third-order valence-corrected chi connectivity index (χ3v) is 4.05. The van der Waals surface area contributed by atoms with Gasteiger partial charge in [-0.05, 0) is 23.8 Å². The summed E-state index contributed by atoms with van der Waals surface area (Å²) in [6.07, 6.45) is -2.57. The fraction of sp³-hybridized carbons (Fsp3) is 0.0769. The molecule has 0 heterocycles. The van der Waals surface area contributed by atoms with Crippen molar-refractivity contribution in [1.29, 1.82) is 0 Å². The lowest BCUT2D eigenvalue weighted by atomic mass is 10.0. The van der Waals surface area contributed by atoms with Gasteiger partial charge in [-0.25, -0.2) is 8.78 Å². The smallest absolute Gasteiger partial charge is 0.205 e. The van der Waals surface area contributed by atoms with Gasteiger partial charge in [0, 0.05) is 16.1 Å². The predicted octanol–water partition coefficient (Wildman–Crippen LogP) is 6.90. The van der Waals surface area contributed by atoms with E-state index in [1.165, 1.54) is 18.2 Å². The minimum Gasteiger partial charge on any atom is -0.205 e. The Morgan fingerprint density at radius 1 is 0.789 bits per heavy atom. The molecule has 0 nitrogen and oxygen atoms in total. The molecule has 0 fully saturated rings. The molecule has 100 valence electrons. The third-order valence-electron chi connectivity index (χ3n) is 2.54. The van der Waals surface area contributed by atoms with Crippen molar-refractivity contribution in [3.05, 3.63) is 56.0 Å². The molecule has 2 rings (SSSR count). The number of benzene rings is 2. The lowest BCUT2D eigenvalue weighted by Gasteiger charge is -2.09. The lowest BCUT2D eigenvalue weighted by molar-refractivity contribution is 0.151. The third kappa shape index (κ3) is 3.14. The van der Waals surface area contributed by atoms with Gasteiger partial charge in [-0.2, -0.15) is 0 Å². The van der Waals surface area contributed by atoms with Crippen LogP contribution in [0.2, 0.25) is 20.1 Å². The Hall–Kier alpha value is -0.540. The second-order valence-corrected chi connectivity index (χ2v) is 5.39. The summed E-state index contributed by atoms with van der Waals surface area (Å²) in [5.74, 6) is 0. The molecule has 0 spiro atoms. The summed E-state index contributed by atoms with van der Waals surface area (Å²) in [7, 11) is 0. The molecule has 6 heteroatoms. The maximum absolute atomic E-state index is 12.5. The largest absolute Gasteiger partial charge is 0.263 e. The fourth-order valence-corrected chi connectivity index (χ4v) is 2.51. The van der Waals surface area contributed by atoms with Crippen molar-refractivity contribution in [2.45, 2.75) is 6.43 Å². The number of rotatable bonds is 2. The van der Waals surface area contributed by atoms with Gasteiger partial charge in [0.25, 0.3) is 6.43 Å². The van der Waals surface area contributed by atoms with E-state index in [1.54, 1.807) is 12.1 Å². The molecule has 2 aromatic carbocycles. The van der Waals surface area contributed by atoms with E-state index in [4.69, 9.17) is 46.4 Å². The van der Waals surface area contributed by atoms with Gasteiger partial charge in [0.05, 0.1) is 15.1 Å². The molecule has 0 bridgehead atoms. The molecule has 0 aliphatic rings. The fourth-order valence-electron chi connectivity index (χ4n) is 1.61. The van der Waals surface area contributed by atoms with Crippen molar-refractivity contribution in [1.82, 2.24) is 0 Å². The first-order valence-corrected chi connectivity index (χ1v) is 6.64. The van der Waals surface area contributed by atoms with Crippen LogP contribution in [-0.4, -0.2) is 0 Å². The molecule has 0 saturated carbocycles. The molecular formula is C13H6Cl4F2. The van der Waals surface area contributed by atoms with Gasteiger partial charge in [-0.3, -0.25) is 0 Å². The zero-order valence-electron chi connectivity index (χ0n) is 9.23. The van der Waals surface area contributed by atoms with E-state index >= 15 is 0 Å². The first kappa shape index (κ1) is 14.9. The molecule has 0 aromatic heterocycles. The number of hydrogen-bond acceptors (Lipinski definition) is 0. The van der Waals surface area contributed by atoms with Crippen LogP contribution >= 0.6 is 46.4 Å². The molecule has 0 radical (unpaired) electrons. The quantitative estimate of drug-likeness (QED) is 0.521. The number of alkyl halides is 2. The van der Waals surface area contributed by atoms with Gasteiger partial charge in [-0.15, -0.1) is 0 Å². The zero-order chi connectivity index (χ0) is 14.2. The second-order valence-electron chi connectivity index (χ2n) is 3.79. The summed E-state index contributed by atoms with van der Waals surface area (Å²) in [5.41, 5.74) is 1.04. The van der Waals surface area contributed by atoms with E-state index in [1.807, 2.05) is 0 Å². The number of halogens is 6. The van der Waals surface area contributed by atoms with Crippen molar-refractivity contribution < 1.29 is 8.78 Å².